The van der Waals surface area contributed by atoms with Crippen LogP contribution in [-0.2, 0) is 0 Å². The molecule has 2 unspecified atom stereocenters. The van der Waals surface area contributed by atoms with E-state index in [1.807, 2.05) is 0 Å². The van der Waals surface area contributed by atoms with Crippen molar-refractivity contribution >= 4 is 0 Å². The van der Waals surface area contributed by atoms with E-state index in [-0.39, 0.29) is 12.5 Å². The van der Waals surface area contributed by atoms with Crippen LogP contribution >= 0.6 is 0 Å². The molecule has 1 aliphatic heterocycles. The highest BCUT2D eigenvalue weighted by Crippen LogP contribution is 2.29. The smallest absolute Gasteiger partial charge is 0.303 e. The first-order valence-corrected chi connectivity index (χ1v) is 7.36. The van der Waals surface area contributed by atoms with Crippen LogP contribution in [0.25, 0.3) is 0 Å². The number of unbranched alkanes of at least 4 members (excludes halogenated alkanes) is 5. The maximum absolute atomic E-state index is 12.6. The van der Waals surface area contributed by atoms with Gasteiger partial charge in [0, 0.05) is 6.04 Å². The van der Waals surface area contributed by atoms with E-state index in [2.05, 4.69) is 12.2 Å². The second kappa shape index (κ2) is 8.03. The van der Waals surface area contributed by atoms with Gasteiger partial charge in [0.25, 0.3) is 0 Å². The van der Waals surface area contributed by atoms with Gasteiger partial charge in [-0.25, -0.2) is 0 Å². The van der Waals surface area contributed by atoms with Crippen molar-refractivity contribution in [2.24, 2.45) is 0 Å². The lowest BCUT2D eigenvalue weighted by molar-refractivity contribution is -0.163. The monoisotopic (exact) mass is 265 g/mol. The number of piperidine rings is 1. The average Bonchev–Trinajstić information content (AvgIpc) is 2.33. The van der Waals surface area contributed by atoms with Crippen molar-refractivity contribution in [3.8, 4) is 0 Å². The van der Waals surface area contributed by atoms with Crippen LogP contribution in [0.5, 0.6) is 0 Å². The fourth-order valence-corrected chi connectivity index (χ4v) is 2.68. The minimum Gasteiger partial charge on any atom is -0.303 e. The van der Waals surface area contributed by atoms with E-state index in [1.54, 1.807) is 0 Å². The van der Waals surface area contributed by atoms with Gasteiger partial charge in [-0.2, -0.15) is 13.2 Å². The number of alkyl halides is 3. The van der Waals surface area contributed by atoms with Crippen molar-refractivity contribution in [1.29, 1.82) is 0 Å². The van der Waals surface area contributed by atoms with Gasteiger partial charge in [0.2, 0.25) is 0 Å². The number of rotatable bonds is 7. The maximum atomic E-state index is 12.6. The van der Waals surface area contributed by atoms with Crippen LogP contribution in [0, 0.1) is 0 Å². The summed E-state index contributed by atoms with van der Waals surface area (Å²) in [7, 11) is 0. The Morgan fingerprint density at radius 2 is 1.67 bits per heavy atom. The highest BCUT2D eigenvalue weighted by Gasteiger charge is 2.41. The van der Waals surface area contributed by atoms with Gasteiger partial charge in [-0.05, 0) is 19.3 Å². The van der Waals surface area contributed by atoms with Crippen LogP contribution in [0.2, 0.25) is 0 Å². The minimum atomic E-state index is -4.07. The molecule has 0 radical (unpaired) electrons. The molecular weight excluding hydrogens is 239 g/mol. The summed E-state index contributed by atoms with van der Waals surface area (Å²) < 4.78 is 37.7. The normalized spacial score (nSPS) is 25.3. The van der Waals surface area contributed by atoms with Crippen molar-refractivity contribution in [3.63, 3.8) is 0 Å². The lowest BCUT2D eigenvalue weighted by Crippen LogP contribution is -2.50. The lowest BCUT2D eigenvalue weighted by Gasteiger charge is -2.32. The highest BCUT2D eigenvalue weighted by molar-refractivity contribution is 4.84. The SMILES string of the molecule is CCCCCCCCC1CCCC(C(F)(F)F)N1. The predicted octanol–water partition coefficient (Wildman–Crippen LogP) is 4.81. The summed E-state index contributed by atoms with van der Waals surface area (Å²) in [4.78, 5) is 0. The van der Waals surface area contributed by atoms with E-state index < -0.39 is 12.2 Å². The van der Waals surface area contributed by atoms with E-state index in [0.29, 0.717) is 6.42 Å². The summed E-state index contributed by atoms with van der Waals surface area (Å²) in [6.07, 6.45) is 5.91. The third-order valence-electron chi connectivity index (χ3n) is 3.78. The van der Waals surface area contributed by atoms with E-state index in [0.717, 1.165) is 25.7 Å². The molecule has 1 fully saturated rings. The number of nitrogens with one attached hydrogen (secondary N) is 1. The Labute approximate surface area is 109 Å². The molecule has 0 aromatic carbocycles. The summed E-state index contributed by atoms with van der Waals surface area (Å²) >= 11 is 0. The highest BCUT2D eigenvalue weighted by atomic mass is 19.4. The molecule has 1 N–H and O–H groups in total. The summed E-state index contributed by atoms with van der Waals surface area (Å²) in [5, 5.41) is 2.77. The average molecular weight is 265 g/mol. The molecule has 0 spiro atoms. The molecule has 0 aliphatic carbocycles. The van der Waals surface area contributed by atoms with Gasteiger partial charge in [-0.15, -0.1) is 0 Å². The Balaban J connectivity index is 2.11. The van der Waals surface area contributed by atoms with E-state index in [1.165, 1.54) is 25.7 Å². The molecule has 1 nitrogen and oxygen atoms in total. The Morgan fingerprint density at radius 1 is 1.00 bits per heavy atom. The minimum absolute atomic E-state index is 0.0801. The first-order chi connectivity index (χ1) is 8.54. The molecule has 18 heavy (non-hydrogen) atoms. The second-order valence-electron chi connectivity index (χ2n) is 5.45. The largest absolute Gasteiger partial charge is 0.403 e. The molecule has 2 atom stereocenters. The zero-order valence-corrected chi connectivity index (χ0v) is 11.4. The predicted molar refractivity (Wildman–Crippen MR) is 68.6 cm³/mol. The fraction of sp³-hybridized carbons (Fsp3) is 1.00. The Kier molecular flexibility index (Phi) is 7.05. The molecular formula is C14H26F3N. The van der Waals surface area contributed by atoms with Gasteiger partial charge < -0.3 is 5.32 Å². The molecule has 1 heterocycles. The first kappa shape index (κ1) is 15.8. The topological polar surface area (TPSA) is 12.0 Å². The summed E-state index contributed by atoms with van der Waals surface area (Å²) in [6.45, 7) is 2.18. The zero-order chi connectivity index (χ0) is 13.4. The molecule has 0 aromatic rings. The van der Waals surface area contributed by atoms with Gasteiger partial charge in [0.1, 0.15) is 6.04 Å². The number of hydrogen-bond acceptors (Lipinski definition) is 1. The molecule has 1 rings (SSSR count). The second-order valence-corrected chi connectivity index (χ2v) is 5.45. The van der Waals surface area contributed by atoms with Crippen molar-refractivity contribution < 1.29 is 13.2 Å². The van der Waals surface area contributed by atoms with E-state index >= 15 is 0 Å². The summed E-state index contributed by atoms with van der Waals surface area (Å²) in [5.41, 5.74) is 0. The van der Waals surface area contributed by atoms with Crippen LogP contribution in [0.15, 0.2) is 0 Å². The molecule has 1 aliphatic rings. The van der Waals surface area contributed by atoms with Crippen LogP contribution in [0.4, 0.5) is 13.2 Å². The molecule has 0 aromatic heterocycles. The summed E-state index contributed by atoms with van der Waals surface area (Å²) in [6, 6.07) is -1.19. The van der Waals surface area contributed by atoms with Crippen molar-refractivity contribution in [2.45, 2.75) is 89.4 Å². The van der Waals surface area contributed by atoms with E-state index in [9.17, 15) is 13.2 Å². The number of hydrogen-bond donors (Lipinski definition) is 1. The Morgan fingerprint density at radius 3 is 2.33 bits per heavy atom. The van der Waals surface area contributed by atoms with Crippen LogP contribution in [0.3, 0.4) is 0 Å². The fourth-order valence-electron chi connectivity index (χ4n) is 2.68. The zero-order valence-electron chi connectivity index (χ0n) is 11.4. The van der Waals surface area contributed by atoms with Gasteiger partial charge >= 0.3 is 6.18 Å². The van der Waals surface area contributed by atoms with Gasteiger partial charge in [-0.3, -0.25) is 0 Å². The van der Waals surface area contributed by atoms with Crippen LogP contribution in [-0.4, -0.2) is 18.3 Å². The Hall–Kier alpha value is -0.250. The maximum Gasteiger partial charge on any atom is 0.403 e. The third kappa shape index (κ3) is 6.07. The van der Waals surface area contributed by atoms with Crippen molar-refractivity contribution in [3.05, 3.63) is 0 Å². The molecule has 0 saturated carbocycles. The van der Waals surface area contributed by atoms with Crippen LogP contribution < -0.4 is 5.32 Å². The lowest BCUT2D eigenvalue weighted by atomic mass is 9.94. The van der Waals surface area contributed by atoms with E-state index in [4.69, 9.17) is 0 Å². The van der Waals surface area contributed by atoms with Crippen LogP contribution in [0.1, 0.15) is 71.1 Å². The molecule has 4 heteroatoms. The molecule has 0 amide bonds. The molecule has 0 bridgehead atoms. The molecule has 108 valence electrons. The standard InChI is InChI=1S/C14H26F3N/c1-2-3-4-5-6-7-9-12-10-8-11-13(18-12)14(15,16)17/h12-13,18H,2-11H2,1H3. The molecule has 1 saturated heterocycles. The van der Waals surface area contributed by atoms with Gasteiger partial charge in [0.05, 0.1) is 0 Å². The third-order valence-corrected chi connectivity index (χ3v) is 3.78. The number of halogens is 3. The van der Waals surface area contributed by atoms with Gasteiger partial charge in [0.15, 0.2) is 0 Å². The Bertz CT molecular complexity index is 216. The van der Waals surface area contributed by atoms with Crippen molar-refractivity contribution in [1.82, 2.24) is 5.32 Å². The summed E-state index contributed by atoms with van der Waals surface area (Å²) in [5.74, 6) is 0. The van der Waals surface area contributed by atoms with Gasteiger partial charge in [-0.1, -0.05) is 51.9 Å². The quantitative estimate of drug-likeness (QED) is 0.651. The first-order valence-electron chi connectivity index (χ1n) is 7.36. The van der Waals surface area contributed by atoms with Crippen molar-refractivity contribution in [2.75, 3.05) is 0 Å².